The lowest BCUT2D eigenvalue weighted by Gasteiger charge is -2.36. The van der Waals surface area contributed by atoms with E-state index in [0.717, 1.165) is 60.6 Å². The SMILES string of the molecule is Cc1cc2nc(N3CCN(Cc4ccc(F)cc4F)CC3)c(NC(C)C)nc2cn1. The van der Waals surface area contributed by atoms with E-state index in [2.05, 4.69) is 33.9 Å². The Morgan fingerprint density at radius 2 is 1.80 bits per heavy atom. The van der Waals surface area contributed by atoms with Gasteiger partial charge in [0.15, 0.2) is 11.6 Å². The van der Waals surface area contributed by atoms with Crippen molar-refractivity contribution in [3.8, 4) is 0 Å². The Balaban J connectivity index is 1.53. The molecule has 0 bridgehead atoms. The first-order valence-corrected chi connectivity index (χ1v) is 10.2. The van der Waals surface area contributed by atoms with Crippen LogP contribution in [0.25, 0.3) is 11.0 Å². The first-order valence-electron chi connectivity index (χ1n) is 10.2. The summed E-state index contributed by atoms with van der Waals surface area (Å²) in [6.45, 7) is 9.55. The highest BCUT2D eigenvalue weighted by molar-refractivity contribution is 5.80. The van der Waals surface area contributed by atoms with Gasteiger partial charge in [-0.3, -0.25) is 9.88 Å². The van der Waals surface area contributed by atoms with E-state index in [1.165, 1.54) is 12.1 Å². The predicted molar refractivity (Wildman–Crippen MR) is 115 cm³/mol. The monoisotopic (exact) mass is 412 g/mol. The number of nitrogens with zero attached hydrogens (tertiary/aromatic N) is 5. The third-order valence-electron chi connectivity index (χ3n) is 5.18. The highest BCUT2D eigenvalue weighted by Crippen LogP contribution is 2.27. The number of nitrogens with one attached hydrogen (secondary N) is 1. The number of hydrogen-bond acceptors (Lipinski definition) is 6. The Morgan fingerprint density at radius 3 is 2.50 bits per heavy atom. The van der Waals surface area contributed by atoms with Crippen molar-refractivity contribution in [2.75, 3.05) is 36.4 Å². The summed E-state index contributed by atoms with van der Waals surface area (Å²) in [5.74, 6) is 0.535. The summed E-state index contributed by atoms with van der Waals surface area (Å²) < 4.78 is 27.1. The number of benzene rings is 1. The number of halogens is 2. The molecule has 6 nitrogen and oxygen atoms in total. The molecule has 8 heteroatoms. The Labute approximate surface area is 175 Å². The van der Waals surface area contributed by atoms with Gasteiger partial charge in [-0.15, -0.1) is 0 Å². The summed E-state index contributed by atoms with van der Waals surface area (Å²) in [7, 11) is 0. The van der Waals surface area contributed by atoms with E-state index in [4.69, 9.17) is 9.97 Å². The minimum Gasteiger partial charge on any atom is -0.365 e. The maximum Gasteiger partial charge on any atom is 0.172 e. The van der Waals surface area contributed by atoms with Crippen molar-refractivity contribution in [3.05, 3.63) is 53.4 Å². The van der Waals surface area contributed by atoms with Crippen molar-refractivity contribution in [1.82, 2.24) is 19.9 Å². The van der Waals surface area contributed by atoms with Gasteiger partial charge in [-0.2, -0.15) is 0 Å². The molecule has 0 saturated carbocycles. The van der Waals surface area contributed by atoms with Gasteiger partial charge in [0.25, 0.3) is 0 Å². The average Bonchev–Trinajstić information content (AvgIpc) is 2.70. The quantitative estimate of drug-likeness (QED) is 0.689. The standard InChI is InChI=1S/C22H26F2N6/c1-14(2)26-21-22(28-19-10-15(3)25-12-20(19)27-21)30-8-6-29(7-9-30)13-16-4-5-17(23)11-18(16)24/h4-5,10-12,14H,6-9,13H2,1-3H3,(H,26,27). The molecule has 1 fully saturated rings. The molecule has 30 heavy (non-hydrogen) atoms. The molecule has 3 heterocycles. The van der Waals surface area contributed by atoms with Crippen molar-refractivity contribution in [3.63, 3.8) is 0 Å². The summed E-state index contributed by atoms with van der Waals surface area (Å²) in [5.41, 5.74) is 3.00. The number of anilines is 2. The van der Waals surface area contributed by atoms with Gasteiger partial charge in [-0.05, 0) is 32.9 Å². The van der Waals surface area contributed by atoms with Crippen LogP contribution in [0.5, 0.6) is 0 Å². The lowest BCUT2D eigenvalue weighted by Crippen LogP contribution is -2.46. The fourth-order valence-electron chi connectivity index (χ4n) is 3.65. The number of rotatable bonds is 5. The minimum atomic E-state index is -0.549. The van der Waals surface area contributed by atoms with Gasteiger partial charge >= 0.3 is 0 Å². The first-order chi connectivity index (χ1) is 14.4. The zero-order valence-corrected chi connectivity index (χ0v) is 17.5. The van der Waals surface area contributed by atoms with Gasteiger partial charge in [0.1, 0.15) is 17.2 Å². The number of pyridine rings is 1. The molecule has 0 amide bonds. The fraction of sp³-hybridized carbons (Fsp3) is 0.409. The fourth-order valence-corrected chi connectivity index (χ4v) is 3.65. The second kappa shape index (κ2) is 8.47. The smallest absolute Gasteiger partial charge is 0.172 e. The van der Waals surface area contributed by atoms with Crippen molar-refractivity contribution in [2.24, 2.45) is 0 Å². The third-order valence-corrected chi connectivity index (χ3v) is 5.18. The van der Waals surface area contributed by atoms with E-state index in [1.807, 2.05) is 13.0 Å². The van der Waals surface area contributed by atoms with Crippen LogP contribution in [0.4, 0.5) is 20.4 Å². The third kappa shape index (κ3) is 4.48. The van der Waals surface area contributed by atoms with Crippen LogP contribution in [0.1, 0.15) is 25.1 Å². The van der Waals surface area contributed by atoms with Gasteiger partial charge < -0.3 is 10.2 Å². The van der Waals surface area contributed by atoms with Crippen molar-refractivity contribution >= 4 is 22.7 Å². The maximum absolute atomic E-state index is 14.0. The molecule has 2 aromatic heterocycles. The molecule has 0 unspecified atom stereocenters. The number of fused-ring (bicyclic) bond motifs is 1. The zero-order valence-electron chi connectivity index (χ0n) is 17.5. The molecule has 1 aliphatic heterocycles. The van der Waals surface area contributed by atoms with Crippen molar-refractivity contribution < 1.29 is 8.78 Å². The van der Waals surface area contributed by atoms with Gasteiger partial charge in [-0.1, -0.05) is 6.07 Å². The normalized spacial score (nSPS) is 15.2. The molecule has 1 aromatic carbocycles. The van der Waals surface area contributed by atoms with E-state index in [-0.39, 0.29) is 6.04 Å². The van der Waals surface area contributed by atoms with Gasteiger partial charge in [-0.25, -0.2) is 18.7 Å². The first kappa shape index (κ1) is 20.4. The number of aromatic nitrogens is 3. The predicted octanol–water partition coefficient (Wildman–Crippen LogP) is 3.75. The van der Waals surface area contributed by atoms with Gasteiger partial charge in [0, 0.05) is 56.1 Å². The molecule has 3 aromatic rings. The topological polar surface area (TPSA) is 57.2 Å². The van der Waals surface area contributed by atoms with E-state index in [9.17, 15) is 8.78 Å². The molecule has 0 atom stereocenters. The molecule has 1 N–H and O–H groups in total. The van der Waals surface area contributed by atoms with Crippen LogP contribution in [-0.2, 0) is 6.54 Å². The lowest BCUT2D eigenvalue weighted by molar-refractivity contribution is 0.246. The van der Waals surface area contributed by atoms with E-state index in [1.54, 1.807) is 6.20 Å². The summed E-state index contributed by atoms with van der Waals surface area (Å²) in [6, 6.07) is 5.93. The highest BCUT2D eigenvalue weighted by atomic mass is 19.1. The van der Waals surface area contributed by atoms with Crippen LogP contribution >= 0.6 is 0 Å². The van der Waals surface area contributed by atoms with Gasteiger partial charge in [0.2, 0.25) is 0 Å². The molecule has 1 saturated heterocycles. The molecule has 1 aliphatic rings. The van der Waals surface area contributed by atoms with Crippen LogP contribution in [0.15, 0.2) is 30.5 Å². The number of hydrogen-bond donors (Lipinski definition) is 1. The number of aryl methyl sites for hydroxylation is 1. The molecular weight excluding hydrogens is 386 g/mol. The Hall–Kier alpha value is -2.87. The highest BCUT2D eigenvalue weighted by Gasteiger charge is 2.23. The van der Waals surface area contributed by atoms with Crippen molar-refractivity contribution in [2.45, 2.75) is 33.4 Å². The number of piperazine rings is 1. The van der Waals surface area contributed by atoms with E-state index < -0.39 is 11.6 Å². The molecule has 4 rings (SSSR count). The largest absolute Gasteiger partial charge is 0.365 e. The Morgan fingerprint density at radius 1 is 1.03 bits per heavy atom. The molecule has 158 valence electrons. The van der Waals surface area contributed by atoms with E-state index in [0.29, 0.717) is 12.1 Å². The molecule has 0 spiro atoms. The Kier molecular flexibility index (Phi) is 5.76. The van der Waals surface area contributed by atoms with Crippen LogP contribution < -0.4 is 10.2 Å². The van der Waals surface area contributed by atoms with Crippen LogP contribution in [0, 0.1) is 18.6 Å². The summed E-state index contributed by atoms with van der Waals surface area (Å²) in [5, 5.41) is 3.40. The summed E-state index contributed by atoms with van der Waals surface area (Å²) in [4.78, 5) is 18.4. The van der Waals surface area contributed by atoms with Crippen LogP contribution in [0.3, 0.4) is 0 Å². The van der Waals surface area contributed by atoms with Gasteiger partial charge in [0.05, 0.1) is 11.7 Å². The summed E-state index contributed by atoms with van der Waals surface area (Å²) in [6.07, 6.45) is 1.75. The Bertz CT molecular complexity index is 1050. The zero-order chi connectivity index (χ0) is 21.3. The second-order valence-corrected chi connectivity index (χ2v) is 8.01. The van der Waals surface area contributed by atoms with Crippen LogP contribution in [-0.4, -0.2) is 52.1 Å². The average molecular weight is 412 g/mol. The molecule has 0 radical (unpaired) electrons. The summed E-state index contributed by atoms with van der Waals surface area (Å²) >= 11 is 0. The van der Waals surface area contributed by atoms with Crippen LogP contribution in [0.2, 0.25) is 0 Å². The van der Waals surface area contributed by atoms with Crippen molar-refractivity contribution in [1.29, 1.82) is 0 Å². The van der Waals surface area contributed by atoms with E-state index >= 15 is 0 Å². The molecule has 0 aliphatic carbocycles. The minimum absolute atomic E-state index is 0.219. The molecular formula is C22H26F2N6. The maximum atomic E-state index is 14.0. The lowest BCUT2D eigenvalue weighted by atomic mass is 10.1. The second-order valence-electron chi connectivity index (χ2n) is 8.01.